The van der Waals surface area contributed by atoms with Gasteiger partial charge < -0.3 is 24.3 Å². The molecule has 0 radical (unpaired) electrons. The third kappa shape index (κ3) is 6.26. The van der Waals surface area contributed by atoms with Gasteiger partial charge in [0.2, 0.25) is 0 Å². The Morgan fingerprint density at radius 2 is 2.00 bits per heavy atom. The monoisotopic (exact) mass is 549 g/mol. The second kappa shape index (κ2) is 12.4. The number of para-hydroxylation sites is 1. The SMILES string of the molecule is CC=CN1CCN(c2nc(OCC3CCC(N(C)C)C3)nc3c2CCN(c2ccccc2Cl)C3)CC1CC#N. The Morgan fingerprint density at radius 1 is 1.15 bits per heavy atom. The van der Waals surface area contributed by atoms with Crippen molar-refractivity contribution < 1.29 is 4.74 Å². The number of rotatable bonds is 8. The van der Waals surface area contributed by atoms with E-state index in [1.165, 1.54) is 18.4 Å². The first-order valence-corrected chi connectivity index (χ1v) is 14.5. The highest BCUT2D eigenvalue weighted by atomic mass is 35.5. The van der Waals surface area contributed by atoms with Gasteiger partial charge in [0, 0.05) is 37.8 Å². The fourth-order valence-electron chi connectivity index (χ4n) is 6.23. The molecule has 1 aromatic heterocycles. The summed E-state index contributed by atoms with van der Waals surface area (Å²) in [6, 6.07) is 11.6. The van der Waals surface area contributed by atoms with Crippen molar-refractivity contribution in [2.75, 3.05) is 56.7 Å². The average molecular weight is 550 g/mol. The first-order chi connectivity index (χ1) is 19.0. The minimum atomic E-state index is 0.125. The van der Waals surface area contributed by atoms with Crippen molar-refractivity contribution in [3.8, 4) is 12.1 Å². The molecule has 208 valence electrons. The van der Waals surface area contributed by atoms with Gasteiger partial charge >= 0.3 is 6.01 Å². The number of piperazine rings is 1. The maximum absolute atomic E-state index is 9.50. The lowest BCUT2D eigenvalue weighted by atomic mass is 10.0. The van der Waals surface area contributed by atoms with Crippen LogP contribution in [0.2, 0.25) is 5.02 Å². The molecule has 0 spiro atoms. The molecule has 0 bridgehead atoms. The van der Waals surface area contributed by atoms with Crippen LogP contribution in [0.25, 0.3) is 0 Å². The molecule has 9 heteroatoms. The predicted molar refractivity (Wildman–Crippen MR) is 156 cm³/mol. The van der Waals surface area contributed by atoms with Gasteiger partial charge in [0.05, 0.1) is 48.1 Å². The molecule has 39 heavy (non-hydrogen) atoms. The summed E-state index contributed by atoms with van der Waals surface area (Å²) in [4.78, 5) is 19.2. The van der Waals surface area contributed by atoms with Crippen molar-refractivity contribution in [3.05, 3.63) is 52.8 Å². The molecular weight excluding hydrogens is 510 g/mol. The van der Waals surface area contributed by atoms with Crippen LogP contribution < -0.4 is 14.5 Å². The van der Waals surface area contributed by atoms with Gasteiger partial charge in [-0.15, -0.1) is 0 Å². The number of nitriles is 1. The zero-order valence-corrected chi connectivity index (χ0v) is 24.1. The molecular formula is C30H40ClN7O. The largest absolute Gasteiger partial charge is 0.463 e. The second-order valence-electron chi connectivity index (χ2n) is 11.2. The Hall–Kier alpha value is -3.02. The molecule has 3 heterocycles. The molecule has 2 aliphatic heterocycles. The predicted octanol–water partition coefficient (Wildman–Crippen LogP) is 4.74. The van der Waals surface area contributed by atoms with E-state index in [0.29, 0.717) is 37.5 Å². The van der Waals surface area contributed by atoms with E-state index in [1.54, 1.807) is 0 Å². The number of nitrogens with zero attached hydrogens (tertiary/aromatic N) is 7. The smallest absolute Gasteiger partial charge is 0.318 e. The van der Waals surface area contributed by atoms with Gasteiger partial charge in [-0.05, 0) is 71.0 Å². The highest BCUT2D eigenvalue weighted by Gasteiger charge is 2.32. The Morgan fingerprint density at radius 3 is 2.74 bits per heavy atom. The van der Waals surface area contributed by atoms with Crippen molar-refractivity contribution in [2.24, 2.45) is 5.92 Å². The van der Waals surface area contributed by atoms with Crippen molar-refractivity contribution >= 4 is 23.1 Å². The summed E-state index contributed by atoms with van der Waals surface area (Å²) in [5.74, 6) is 1.49. The summed E-state index contributed by atoms with van der Waals surface area (Å²) >= 11 is 6.56. The van der Waals surface area contributed by atoms with E-state index >= 15 is 0 Å². The molecule has 3 aliphatic rings. The number of halogens is 1. The Bertz CT molecular complexity index is 1210. The average Bonchev–Trinajstić information content (AvgIpc) is 3.42. The molecule has 1 saturated heterocycles. The number of anilines is 2. The fraction of sp³-hybridized carbons (Fsp3) is 0.567. The van der Waals surface area contributed by atoms with Crippen molar-refractivity contribution in [3.63, 3.8) is 0 Å². The summed E-state index contributed by atoms with van der Waals surface area (Å²) in [7, 11) is 4.32. The molecule has 8 nitrogen and oxygen atoms in total. The van der Waals surface area contributed by atoms with Crippen LogP contribution in [-0.2, 0) is 13.0 Å². The van der Waals surface area contributed by atoms with Gasteiger partial charge in [0.15, 0.2) is 0 Å². The number of ether oxygens (including phenoxy) is 1. The summed E-state index contributed by atoms with van der Waals surface area (Å²) in [6.07, 6.45) is 8.99. The standard InChI is InChI=1S/C30H40ClN7O/c1-4-14-36-16-17-38(19-24(36)11-13-32)29-25-12-15-37(28-8-6-5-7-26(28)31)20-27(25)33-30(34-29)39-21-22-9-10-23(18-22)35(2)3/h4-8,14,22-24H,9-12,15-21H2,1-3H3. The number of hydrogen-bond acceptors (Lipinski definition) is 8. The molecule has 0 N–H and O–H groups in total. The number of fused-ring (bicyclic) bond motifs is 1. The Kier molecular flexibility index (Phi) is 8.79. The van der Waals surface area contributed by atoms with Gasteiger partial charge in [-0.3, -0.25) is 0 Å². The minimum absolute atomic E-state index is 0.125. The normalized spacial score (nSPS) is 23.4. The summed E-state index contributed by atoms with van der Waals surface area (Å²) in [6.45, 7) is 6.63. The van der Waals surface area contributed by atoms with E-state index in [-0.39, 0.29) is 6.04 Å². The molecule has 5 rings (SSSR count). The van der Waals surface area contributed by atoms with E-state index in [2.05, 4.69) is 52.0 Å². The topological polar surface area (TPSA) is 71.8 Å². The van der Waals surface area contributed by atoms with Crippen molar-refractivity contribution in [1.82, 2.24) is 19.8 Å². The quantitative estimate of drug-likeness (QED) is 0.467. The molecule has 2 fully saturated rings. The maximum Gasteiger partial charge on any atom is 0.318 e. The summed E-state index contributed by atoms with van der Waals surface area (Å²) in [5, 5.41) is 10.3. The summed E-state index contributed by atoms with van der Waals surface area (Å²) in [5.41, 5.74) is 3.23. The van der Waals surface area contributed by atoms with Gasteiger partial charge in [0.1, 0.15) is 5.82 Å². The molecule has 1 aromatic carbocycles. The zero-order chi connectivity index (χ0) is 27.4. The highest BCUT2D eigenvalue weighted by Crippen LogP contribution is 2.35. The number of hydrogen-bond donors (Lipinski definition) is 0. The number of aromatic nitrogens is 2. The van der Waals surface area contributed by atoms with Gasteiger partial charge in [-0.25, -0.2) is 0 Å². The number of allylic oxidation sites excluding steroid dienone is 1. The van der Waals surface area contributed by atoms with Gasteiger partial charge in [0.25, 0.3) is 0 Å². The van der Waals surface area contributed by atoms with Crippen LogP contribution in [0.1, 0.15) is 43.9 Å². The molecule has 1 aliphatic carbocycles. The van der Waals surface area contributed by atoms with Crippen LogP contribution in [0.5, 0.6) is 6.01 Å². The molecule has 1 saturated carbocycles. The van der Waals surface area contributed by atoms with Crippen LogP contribution in [0, 0.1) is 17.2 Å². The van der Waals surface area contributed by atoms with Crippen LogP contribution in [-0.4, -0.2) is 78.7 Å². The van der Waals surface area contributed by atoms with E-state index in [4.69, 9.17) is 26.3 Å². The van der Waals surface area contributed by atoms with Crippen molar-refractivity contribution in [1.29, 1.82) is 5.26 Å². The highest BCUT2D eigenvalue weighted by molar-refractivity contribution is 6.33. The Balaban J connectivity index is 1.41. The molecule has 3 unspecified atom stereocenters. The van der Waals surface area contributed by atoms with Crippen LogP contribution in [0.4, 0.5) is 11.5 Å². The lowest BCUT2D eigenvalue weighted by Crippen LogP contribution is -2.51. The van der Waals surface area contributed by atoms with Gasteiger partial charge in [-0.2, -0.15) is 15.2 Å². The molecule has 3 atom stereocenters. The van der Waals surface area contributed by atoms with Gasteiger partial charge in [-0.1, -0.05) is 29.8 Å². The van der Waals surface area contributed by atoms with E-state index in [0.717, 1.165) is 61.2 Å². The number of benzene rings is 1. The third-order valence-corrected chi connectivity index (χ3v) is 8.72. The van der Waals surface area contributed by atoms with Crippen LogP contribution in [0.15, 0.2) is 36.5 Å². The third-order valence-electron chi connectivity index (χ3n) is 8.40. The lowest BCUT2D eigenvalue weighted by molar-refractivity contribution is 0.219. The van der Waals surface area contributed by atoms with E-state index in [9.17, 15) is 5.26 Å². The second-order valence-corrected chi connectivity index (χ2v) is 11.6. The van der Waals surface area contributed by atoms with Crippen LogP contribution >= 0.6 is 11.6 Å². The Labute approximate surface area is 237 Å². The molecule has 0 amide bonds. The van der Waals surface area contributed by atoms with Crippen molar-refractivity contribution in [2.45, 2.75) is 57.7 Å². The zero-order valence-electron chi connectivity index (χ0n) is 23.4. The lowest BCUT2D eigenvalue weighted by Gasteiger charge is -2.42. The van der Waals surface area contributed by atoms with E-state index < -0.39 is 0 Å². The fourth-order valence-corrected chi connectivity index (χ4v) is 6.48. The maximum atomic E-state index is 9.50. The summed E-state index contributed by atoms with van der Waals surface area (Å²) < 4.78 is 6.33. The van der Waals surface area contributed by atoms with Crippen LogP contribution in [0.3, 0.4) is 0 Å². The first kappa shape index (κ1) is 27.5. The van der Waals surface area contributed by atoms with E-state index in [1.807, 2.05) is 31.2 Å². The minimum Gasteiger partial charge on any atom is -0.463 e. The first-order valence-electron chi connectivity index (χ1n) is 14.2. The molecule has 2 aromatic rings.